The minimum Gasteiger partial charge on any atom is -0.361 e. The number of carbonyl (C=O) groups is 2. The van der Waals surface area contributed by atoms with Crippen LogP contribution in [0.2, 0.25) is 0 Å². The first-order valence-corrected chi connectivity index (χ1v) is 10.5. The standard InChI is InChI=1S/C24H28N4O2/c29-23(26-16-19-6-2-1-3-7-19)18-27-12-14-28(15-13-27)24(30)11-10-20-17-25-22-9-5-4-8-21(20)22/h1-9,17,25H,10-16,18H2,(H,26,29). The van der Waals surface area contributed by atoms with E-state index in [1.165, 1.54) is 10.9 Å². The zero-order valence-corrected chi connectivity index (χ0v) is 17.1. The van der Waals surface area contributed by atoms with Crippen molar-refractivity contribution in [2.45, 2.75) is 19.4 Å². The Balaban J connectivity index is 1.18. The van der Waals surface area contributed by atoms with Crippen LogP contribution in [-0.4, -0.2) is 59.3 Å². The number of benzene rings is 2. The summed E-state index contributed by atoms with van der Waals surface area (Å²) in [4.78, 5) is 32.1. The molecule has 4 rings (SSSR count). The second kappa shape index (κ2) is 9.59. The molecule has 2 N–H and O–H groups in total. The number of rotatable bonds is 7. The molecular formula is C24H28N4O2. The normalized spacial score (nSPS) is 14.7. The molecule has 30 heavy (non-hydrogen) atoms. The number of H-pyrrole nitrogens is 1. The molecule has 1 aromatic heterocycles. The van der Waals surface area contributed by atoms with Crippen LogP contribution < -0.4 is 5.32 Å². The number of fused-ring (bicyclic) bond motifs is 1. The highest BCUT2D eigenvalue weighted by Gasteiger charge is 2.22. The van der Waals surface area contributed by atoms with Crippen LogP contribution in [0.1, 0.15) is 17.5 Å². The van der Waals surface area contributed by atoms with Crippen LogP contribution in [0.4, 0.5) is 0 Å². The quantitative estimate of drug-likeness (QED) is 0.636. The molecule has 0 spiro atoms. The van der Waals surface area contributed by atoms with Gasteiger partial charge in [-0.15, -0.1) is 0 Å². The van der Waals surface area contributed by atoms with Crippen molar-refractivity contribution in [2.24, 2.45) is 0 Å². The molecule has 1 fully saturated rings. The van der Waals surface area contributed by atoms with Crippen LogP contribution in [0, 0.1) is 0 Å². The Morgan fingerprint density at radius 2 is 1.67 bits per heavy atom. The summed E-state index contributed by atoms with van der Waals surface area (Å²) in [7, 11) is 0. The van der Waals surface area contributed by atoms with Crippen LogP contribution in [0.3, 0.4) is 0 Å². The van der Waals surface area contributed by atoms with E-state index < -0.39 is 0 Å². The number of nitrogens with zero attached hydrogens (tertiary/aromatic N) is 2. The zero-order chi connectivity index (χ0) is 20.8. The third-order valence-corrected chi connectivity index (χ3v) is 5.71. The van der Waals surface area contributed by atoms with Crippen LogP contribution in [0.25, 0.3) is 10.9 Å². The lowest BCUT2D eigenvalue weighted by atomic mass is 10.1. The van der Waals surface area contributed by atoms with Crippen molar-refractivity contribution in [1.29, 1.82) is 0 Å². The van der Waals surface area contributed by atoms with Gasteiger partial charge in [-0.2, -0.15) is 0 Å². The lowest BCUT2D eigenvalue weighted by Crippen LogP contribution is -2.51. The van der Waals surface area contributed by atoms with E-state index in [9.17, 15) is 9.59 Å². The minimum absolute atomic E-state index is 0.0259. The highest BCUT2D eigenvalue weighted by Crippen LogP contribution is 2.19. The molecule has 6 nitrogen and oxygen atoms in total. The van der Waals surface area contributed by atoms with E-state index in [1.54, 1.807) is 0 Å². The smallest absolute Gasteiger partial charge is 0.234 e. The molecule has 0 saturated carbocycles. The van der Waals surface area contributed by atoms with Gasteiger partial charge in [-0.25, -0.2) is 0 Å². The number of hydrogen-bond donors (Lipinski definition) is 2. The molecule has 1 aliphatic heterocycles. The molecule has 2 aromatic carbocycles. The molecule has 2 heterocycles. The van der Waals surface area contributed by atoms with E-state index in [1.807, 2.05) is 53.6 Å². The Labute approximate surface area is 176 Å². The second-order valence-corrected chi connectivity index (χ2v) is 7.78. The zero-order valence-electron chi connectivity index (χ0n) is 17.1. The topological polar surface area (TPSA) is 68.4 Å². The first kappa shape index (κ1) is 20.2. The van der Waals surface area contributed by atoms with Gasteiger partial charge in [-0.1, -0.05) is 48.5 Å². The second-order valence-electron chi connectivity index (χ2n) is 7.78. The molecule has 0 atom stereocenters. The molecule has 156 valence electrons. The van der Waals surface area contributed by atoms with Gasteiger partial charge in [0.15, 0.2) is 0 Å². The molecule has 3 aromatic rings. The Bertz CT molecular complexity index is 991. The monoisotopic (exact) mass is 404 g/mol. The van der Waals surface area contributed by atoms with Crippen molar-refractivity contribution < 1.29 is 9.59 Å². The summed E-state index contributed by atoms with van der Waals surface area (Å²) in [6, 6.07) is 18.1. The summed E-state index contributed by atoms with van der Waals surface area (Å²) in [5.74, 6) is 0.214. The van der Waals surface area contributed by atoms with Gasteiger partial charge in [0, 0.05) is 56.2 Å². The van der Waals surface area contributed by atoms with E-state index in [2.05, 4.69) is 27.3 Å². The summed E-state index contributed by atoms with van der Waals surface area (Å²) in [5.41, 5.74) is 3.39. The van der Waals surface area contributed by atoms with Crippen molar-refractivity contribution in [3.63, 3.8) is 0 Å². The molecular weight excluding hydrogens is 376 g/mol. The highest BCUT2D eigenvalue weighted by molar-refractivity contribution is 5.84. The fourth-order valence-electron chi connectivity index (χ4n) is 3.95. The highest BCUT2D eigenvalue weighted by atomic mass is 16.2. The van der Waals surface area contributed by atoms with E-state index in [0.29, 0.717) is 32.6 Å². The maximum Gasteiger partial charge on any atom is 0.234 e. The number of aryl methyl sites for hydroxylation is 1. The van der Waals surface area contributed by atoms with Gasteiger partial charge in [0.1, 0.15) is 0 Å². The summed E-state index contributed by atoms with van der Waals surface area (Å²) in [5, 5.41) is 4.16. The van der Waals surface area contributed by atoms with Crippen molar-refractivity contribution in [3.8, 4) is 0 Å². The number of nitrogens with one attached hydrogen (secondary N) is 2. The van der Waals surface area contributed by atoms with Gasteiger partial charge in [-0.3, -0.25) is 14.5 Å². The number of carbonyl (C=O) groups excluding carboxylic acids is 2. The van der Waals surface area contributed by atoms with Crippen molar-refractivity contribution in [1.82, 2.24) is 20.1 Å². The molecule has 0 unspecified atom stereocenters. The Morgan fingerprint density at radius 1 is 0.933 bits per heavy atom. The number of aromatic nitrogens is 1. The lowest BCUT2D eigenvalue weighted by Gasteiger charge is -2.34. The Kier molecular flexibility index (Phi) is 6.44. The van der Waals surface area contributed by atoms with Gasteiger partial charge in [0.05, 0.1) is 6.54 Å². The predicted octanol–water partition coefficient (Wildman–Crippen LogP) is 2.56. The average Bonchev–Trinajstić information content (AvgIpc) is 3.20. The van der Waals surface area contributed by atoms with Crippen LogP contribution in [0.15, 0.2) is 60.8 Å². The molecule has 2 amide bonds. The van der Waals surface area contributed by atoms with Crippen molar-refractivity contribution in [2.75, 3.05) is 32.7 Å². The van der Waals surface area contributed by atoms with Crippen LogP contribution >= 0.6 is 0 Å². The van der Waals surface area contributed by atoms with E-state index in [0.717, 1.165) is 30.6 Å². The molecule has 1 saturated heterocycles. The molecule has 1 aliphatic rings. The molecule has 0 aliphatic carbocycles. The van der Waals surface area contributed by atoms with E-state index in [4.69, 9.17) is 0 Å². The van der Waals surface area contributed by atoms with E-state index in [-0.39, 0.29) is 11.8 Å². The van der Waals surface area contributed by atoms with Crippen molar-refractivity contribution >= 4 is 22.7 Å². The third kappa shape index (κ3) is 5.07. The number of para-hydroxylation sites is 1. The van der Waals surface area contributed by atoms with Crippen LogP contribution in [-0.2, 0) is 22.6 Å². The molecule has 0 radical (unpaired) electrons. The average molecular weight is 405 g/mol. The maximum absolute atomic E-state index is 12.6. The SMILES string of the molecule is O=C(CN1CCN(C(=O)CCc2c[nH]c3ccccc23)CC1)NCc1ccccc1. The first-order chi connectivity index (χ1) is 14.7. The Hall–Kier alpha value is -3.12. The number of hydrogen-bond acceptors (Lipinski definition) is 3. The number of aromatic amines is 1. The van der Waals surface area contributed by atoms with Crippen molar-refractivity contribution in [3.05, 3.63) is 71.9 Å². The number of amides is 2. The summed E-state index contributed by atoms with van der Waals surface area (Å²) < 4.78 is 0. The van der Waals surface area contributed by atoms with Gasteiger partial charge < -0.3 is 15.2 Å². The van der Waals surface area contributed by atoms with Gasteiger partial charge in [0.2, 0.25) is 11.8 Å². The third-order valence-electron chi connectivity index (χ3n) is 5.71. The van der Waals surface area contributed by atoms with Crippen LogP contribution in [0.5, 0.6) is 0 Å². The van der Waals surface area contributed by atoms with Gasteiger partial charge in [-0.05, 0) is 23.6 Å². The van der Waals surface area contributed by atoms with Gasteiger partial charge in [0.25, 0.3) is 0 Å². The molecule has 6 heteroatoms. The summed E-state index contributed by atoms with van der Waals surface area (Å²) in [6.07, 6.45) is 3.26. The van der Waals surface area contributed by atoms with E-state index >= 15 is 0 Å². The largest absolute Gasteiger partial charge is 0.361 e. The maximum atomic E-state index is 12.6. The first-order valence-electron chi connectivity index (χ1n) is 10.5. The minimum atomic E-state index is 0.0259. The fraction of sp³-hybridized carbons (Fsp3) is 0.333. The molecule has 0 bridgehead atoms. The Morgan fingerprint density at radius 3 is 2.47 bits per heavy atom. The predicted molar refractivity (Wildman–Crippen MR) is 118 cm³/mol. The fourth-order valence-corrected chi connectivity index (χ4v) is 3.95. The number of piperazine rings is 1. The summed E-state index contributed by atoms with van der Waals surface area (Å²) in [6.45, 7) is 3.75. The van der Waals surface area contributed by atoms with Gasteiger partial charge >= 0.3 is 0 Å². The summed E-state index contributed by atoms with van der Waals surface area (Å²) >= 11 is 0. The lowest BCUT2D eigenvalue weighted by molar-refractivity contribution is -0.133.